The fraction of sp³-hybridized carbons (Fsp3) is 0.100. The van der Waals surface area contributed by atoms with Gasteiger partial charge in [0.05, 0.1) is 12.8 Å². The number of anilines is 1. The molecule has 3 N–H and O–H groups in total. The minimum absolute atomic E-state index is 0.0303. The van der Waals surface area contributed by atoms with Gasteiger partial charge in [-0.3, -0.25) is 24.6 Å². The second kappa shape index (κ2) is 8.93. The van der Waals surface area contributed by atoms with Gasteiger partial charge in [0.2, 0.25) is 0 Å². The van der Waals surface area contributed by atoms with Crippen molar-refractivity contribution >= 4 is 58.4 Å². The van der Waals surface area contributed by atoms with Crippen molar-refractivity contribution in [1.29, 1.82) is 0 Å². The number of hydrogen-bond acceptors (Lipinski definition) is 6. The number of carbonyl (C=O) groups is 3. The fourth-order valence-corrected chi connectivity index (χ4v) is 3.10. The van der Waals surface area contributed by atoms with Gasteiger partial charge in [-0.25, -0.2) is 0 Å². The first-order valence-corrected chi connectivity index (χ1v) is 9.35. The molecule has 1 heterocycles. The average Bonchev–Trinajstić information content (AvgIpc) is 2.71. The summed E-state index contributed by atoms with van der Waals surface area (Å²) in [7, 11) is 1.42. The molecule has 1 saturated heterocycles. The summed E-state index contributed by atoms with van der Waals surface area (Å²) in [5.74, 6) is -1.24. The third kappa shape index (κ3) is 4.58. The zero-order valence-corrected chi connectivity index (χ0v) is 17.3. The summed E-state index contributed by atoms with van der Waals surface area (Å²) in [4.78, 5) is 37.5. The number of thiocarbonyl (C=S) groups is 1. The number of rotatable bonds is 6. The summed E-state index contributed by atoms with van der Waals surface area (Å²) in [5.41, 5.74) is 5.93. The number of nitrogens with two attached hydrogens (primary N) is 1. The monoisotopic (exact) mass is 445 g/mol. The third-order valence-corrected chi connectivity index (χ3v) is 4.59. The Morgan fingerprint density at radius 2 is 1.90 bits per heavy atom. The molecule has 1 aliphatic rings. The number of benzene rings is 2. The lowest BCUT2D eigenvalue weighted by atomic mass is 10.1. The molecule has 0 atom stereocenters. The van der Waals surface area contributed by atoms with Crippen LogP contribution in [0.3, 0.4) is 0 Å². The summed E-state index contributed by atoms with van der Waals surface area (Å²) >= 11 is 11.1. The molecule has 1 aliphatic heterocycles. The first-order chi connectivity index (χ1) is 14.3. The Morgan fingerprint density at radius 3 is 2.53 bits per heavy atom. The zero-order valence-electron chi connectivity index (χ0n) is 15.7. The predicted molar refractivity (Wildman–Crippen MR) is 115 cm³/mol. The normalized spacial score (nSPS) is 15.2. The number of primary amides is 1. The second-order valence-electron chi connectivity index (χ2n) is 6.10. The number of nitrogens with one attached hydrogen (secondary N) is 1. The topological polar surface area (TPSA) is 111 Å². The van der Waals surface area contributed by atoms with Crippen molar-refractivity contribution in [2.75, 3.05) is 18.6 Å². The SMILES string of the molecule is COc1cc(/C=C2/C(=O)NC(=S)N(c3ccc(Cl)cc3)C2=O)ccc1OCC(N)=O. The van der Waals surface area contributed by atoms with E-state index in [0.717, 1.165) is 0 Å². The Kier molecular flexibility index (Phi) is 6.34. The largest absolute Gasteiger partial charge is 0.493 e. The fourth-order valence-electron chi connectivity index (χ4n) is 2.69. The van der Waals surface area contributed by atoms with E-state index in [2.05, 4.69) is 5.32 Å². The molecule has 1 fully saturated rings. The van der Waals surface area contributed by atoms with Crippen LogP contribution in [0.15, 0.2) is 48.0 Å². The van der Waals surface area contributed by atoms with E-state index in [1.54, 1.807) is 42.5 Å². The van der Waals surface area contributed by atoms with Crippen molar-refractivity contribution in [3.05, 3.63) is 58.6 Å². The van der Waals surface area contributed by atoms with Crippen LogP contribution in [0.2, 0.25) is 5.02 Å². The molecule has 10 heteroatoms. The minimum atomic E-state index is -0.633. The van der Waals surface area contributed by atoms with Gasteiger partial charge in [0.1, 0.15) is 5.57 Å². The van der Waals surface area contributed by atoms with Gasteiger partial charge in [-0.2, -0.15) is 0 Å². The maximum Gasteiger partial charge on any atom is 0.270 e. The Labute approximate surface area is 182 Å². The van der Waals surface area contributed by atoms with E-state index in [-0.39, 0.29) is 17.3 Å². The molecular formula is C20H16ClN3O5S. The maximum atomic E-state index is 13.0. The van der Waals surface area contributed by atoms with Crippen LogP contribution in [0, 0.1) is 0 Å². The van der Waals surface area contributed by atoms with Gasteiger partial charge in [0.15, 0.2) is 23.2 Å². The van der Waals surface area contributed by atoms with E-state index in [0.29, 0.717) is 27.8 Å². The lowest BCUT2D eigenvalue weighted by molar-refractivity contribution is -0.122. The van der Waals surface area contributed by atoms with E-state index in [1.807, 2.05) is 0 Å². The van der Waals surface area contributed by atoms with Gasteiger partial charge in [0, 0.05) is 5.02 Å². The molecule has 0 unspecified atom stereocenters. The Morgan fingerprint density at radius 1 is 1.20 bits per heavy atom. The molecule has 0 aliphatic carbocycles. The van der Waals surface area contributed by atoms with Crippen LogP contribution in [-0.4, -0.2) is 36.6 Å². The maximum absolute atomic E-state index is 13.0. The Balaban J connectivity index is 1.94. The number of carbonyl (C=O) groups excluding carboxylic acids is 3. The molecule has 2 aromatic carbocycles. The van der Waals surface area contributed by atoms with E-state index < -0.39 is 17.7 Å². The minimum Gasteiger partial charge on any atom is -0.493 e. The molecule has 3 amide bonds. The standard InChI is InChI=1S/C20H16ClN3O5S/c1-28-16-9-11(2-7-15(16)29-10-17(22)25)8-14-18(26)23-20(30)24(19(14)27)13-5-3-12(21)4-6-13/h2-9H,10H2,1H3,(H2,22,25)(H,23,26,30)/b14-8-. The molecule has 0 aromatic heterocycles. The Bertz CT molecular complexity index is 1070. The molecule has 154 valence electrons. The van der Waals surface area contributed by atoms with E-state index in [4.69, 9.17) is 39.0 Å². The van der Waals surface area contributed by atoms with Gasteiger partial charge in [-0.05, 0) is 60.3 Å². The van der Waals surface area contributed by atoms with Gasteiger partial charge in [0.25, 0.3) is 17.7 Å². The molecular weight excluding hydrogens is 430 g/mol. The first-order valence-electron chi connectivity index (χ1n) is 8.56. The van der Waals surface area contributed by atoms with Crippen LogP contribution in [0.4, 0.5) is 5.69 Å². The highest BCUT2D eigenvalue weighted by molar-refractivity contribution is 7.80. The molecule has 0 saturated carbocycles. The average molecular weight is 446 g/mol. The summed E-state index contributed by atoms with van der Waals surface area (Å²) in [6.07, 6.45) is 1.41. The van der Waals surface area contributed by atoms with Crippen molar-refractivity contribution < 1.29 is 23.9 Å². The van der Waals surface area contributed by atoms with Crippen molar-refractivity contribution in [1.82, 2.24) is 5.32 Å². The summed E-state index contributed by atoms with van der Waals surface area (Å²) in [6.45, 7) is -0.314. The van der Waals surface area contributed by atoms with Crippen LogP contribution in [-0.2, 0) is 14.4 Å². The van der Waals surface area contributed by atoms with Gasteiger partial charge in [-0.1, -0.05) is 17.7 Å². The van der Waals surface area contributed by atoms with E-state index in [9.17, 15) is 14.4 Å². The summed E-state index contributed by atoms with van der Waals surface area (Å²) in [6, 6.07) is 11.2. The van der Waals surface area contributed by atoms with Crippen LogP contribution < -0.4 is 25.4 Å². The van der Waals surface area contributed by atoms with Crippen molar-refractivity contribution in [3.63, 3.8) is 0 Å². The number of nitrogens with zero attached hydrogens (tertiary/aromatic N) is 1. The highest BCUT2D eigenvalue weighted by atomic mass is 35.5. The molecule has 8 nitrogen and oxygen atoms in total. The van der Waals surface area contributed by atoms with Crippen molar-refractivity contribution in [2.24, 2.45) is 5.73 Å². The quantitative estimate of drug-likeness (QED) is 0.400. The van der Waals surface area contributed by atoms with Gasteiger partial charge < -0.3 is 15.2 Å². The molecule has 3 rings (SSSR count). The highest BCUT2D eigenvalue weighted by Gasteiger charge is 2.34. The van der Waals surface area contributed by atoms with Gasteiger partial charge in [-0.15, -0.1) is 0 Å². The lowest BCUT2D eigenvalue weighted by Crippen LogP contribution is -2.54. The van der Waals surface area contributed by atoms with Crippen LogP contribution >= 0.6 is 23.8 Å². The molecule has 0 spiro atoms. The number of hydrogen-bond donors (Lipinski definition) is 2. The Hall–Kier alpha value is -3.43. The predicted octanol–water partition coefficient (Wildman–Crippen LogP) is 2.04. The van der Waals surface area contributed by atoms with Crippen LogP contribution in [0.1, 0.15) is 5.56 Å². The molecule has 2 aromatic rings. The summed E-state index contributed by atoms with van der Waals surface area (Å²) < 4.78 is 10.5. The number of halogens is 1. The van der Waals surface area contributed by atoms with Crippen LogP contribution in [0.25, 0.3) is 6.08 Å². The molecule has 0 bridgehead atoms. The van der Waals surface area contributed by atoms with Crippen molar-refractivity contribution in [3.8, 4) is 11.5 Å². The smallest absolute Gasteiger partial charge is 0.270 e. The number of amides is 3. The van der Waals surface area contributed by atoms with Crippen LogP contribution in [0.5, 0.6) is 11.5 Å². The molecule has 30 heavy (non-hydrogen) atoms. The van der Waals surface area contributed by atoms with Crippen molar-refractivity contribution in [2.45, 2.75) is 0 Å². The van der Waals surface area contributed by atoms with E-state index >= 15 is 0 Å². The van der Waals surface area contributed by atoms with Gasteiger partial charge >= 0.3 is 0 Å². The highest BCUT2D eigenvalue weighted by Crippen LogP contribution is 2.30. The van der Waals surface area contributed by atoms with E-state index in [1.165, 1.54) is 18.1 Å². The summed E-state index contributed by atoms with van der Waals surface area (Å²) in [5, 5.41) is 2.97. The first kappa shape index (κ1) is 21.3. The molecule has 0 radical (unpaired) electrons. The zero-order chi connectivity index (χ0) is 21.8. The third-order valence-electron chi connectivity index (χ3n) is 4.06. The number of ether oxygens (including phenoxy) is 2. The lowest BCUT2D eigenvalue weighted by Gasteiger charge is -2.29. The second-order valence-corrected chi connectivity index (χ2v) is 6.92. The number of methoxy groups -OCH3 is 1.